The van der Waals surface area contributed by atoms with Crippen LogP contribution in [-0.4, -0.2) is 56.8 Å². The molecule has 1 fully saturated rings. The molecule has 9 heteroatoms. The summed E-state index contributed by atoms with van der Waals surface area (Å²) in [5.41, 5.74) is 1.09. The Labute approximate surface area is 150 Å². The van der Waals surface area contributed by atoms with Crippen molar-refractivity contribution in [3.63, 3.8) is 0 Å². The van der Waals surface area contributed by atoms with Crippen LogP contribution >= 0.6 is 0 Å². The minimum Gasteiger partial charge on any atom is -0.435 e. The first kappa shape index (κ1) is 19.9. The molecule has 1 unspecified atom stereocenters. The normalized spacial score (nSPS) is 16.9. The second kappa shape index (κ2) is 9.33. The number of amides is 3. The van der Waals surface area contributed by atoms with Gasteiger partial charge in [0.25, 0.3) is 0 Å². The van der Waals surface area contributed by atoms with Crippen molar-refractivity contribution in [3.8, 4) is 5.75 Å². The fourth-order valence-electron chi connectivity index (χ4n) is 2.76. The second-order valence-electron chi connectivity index (χ2n) is 6.09. The topological polar surface area (TPSA) is 79.9 Å². The number of likely N-dealkylation sites (tertiary alicyclic amines) is 1. The van der Waals surface area contributed by atoms with E-state index in [4.69, 9.17) is 4.74 Å². The third-order valence-corrected chi connectivity index (χ3v) is 4.08. The maximum atomic E-state index is 12.2. The number of ether oxygens (including phenoxy) is 2. The number of halogens is 2. The Morgan fingerprint density at radius 2 is 2.19 bits per heavy atom. The number of urea groups is 1. The number of carbonyl (C=O) groups excluding carboxylic acids is 2. The van der Waals surface area contributed by atoms with Crippen molar-refractivity contribution in [3.05, 3.63) is 23.8 Å². The Hall–Kier alpha value is -2.42. The van der Waals surface area contributed by atoms with Crippen molar-refractivity contribution in [2.75, 3.05) is 38.7 Å². The molecule has 7 nitrogen and oxygen atoms in total. The van der Waals surface area contributed by atoms with Crippen molar-refractivity contribution >= 4 is 17.6 Å². The summed E-state index contributed by atoms with van der Waals surface area (Å²) in [6.45, 7) is 0.765. The van der Waals surface area contributed by atoms with Crippen LogP contribution in [0.2, 0.25) is 0 Å². The van der Waals surface area contributed by atoms with Crippen LogP contribution in [0.4, 0.5) is 19.3 Å². The van der Waals surface area contributed by atoms with Gasteiger partial charge in [-0.3, -0.25) is 4.79 Å². The largest absolute Gasteiger partial charge is 0.435 e. The SMILES string of the molecule is COCCN1CC(CNC(=O)Nc2ccc(OC(F)F)cc2C)CC1=O. The maximum absolute atomic E-state index is 12.2. The molecular weight excluding hydrogens is 348 g/mol. The van der Waals surface area contributed by atoms with Gasteiger partial charge in [0.1, 0.15) is 5.75 Å². The fourth-order valence-corrected chi connectivity index (χ4v) is 2.76. The van der Waals surface area contributed by atoms with Crippen LogP contribution in [0.3, 0.4) is 0 Å². The number of carbonyl (C=O) groups is 2. The van der Waals surface area contributed by atoms with Gasteiger partial charge in [-0.15, -0.1) is 0 Å². The molecule has 2 N–H and O–H groups in total. The van der Waals surface area contributed by atoms with E-state index in [9.17, 15) is 18.4 Å². The Balaban J connectivity index is 1.79. The minimum absolute atomic E-state index is 0.0316. The summed E-state index contributed by atoms with van der Waals surface area (Å²) in [6, 6.07) is 3.86. The Morgan fingerprint density at radius 3 is 2.85 bits per heavy atom. The molecule has 1 aliphatic heterocycles. The molecule has 1 saturated heterocycles. The number of anilines is 1. The van der Waals surface area contributed by atoms with Gasteiger partial charge in [-0.1, -0.05) is 0 Å². The smallest absolute Gasteiger partial charge is 0.387 e. The molecule has 1 aliphatic rings. The zero-order chi connectivity index (χ0) is 19.1. The van der Waals surface area contributed by atoms with Crippen molar-refractivity contribution in [1.82, 2.24) is 10.2 Å². The molecule has 1 heterocycles. The highest BCUT2D eigenvalue weighted by atomic mass is 19.3. The molecule has 0 aliphatic carbocycles. The molecule has 2 rings (SSSR count). The summed E-state index contributed by atoms with van der Waals surface area (Å²) in [4.78, 5) is 25.6. The monoisotopic (exact) mass is 371 g/mol. The summed E-state index contributed by atoms with van der Waals surface area (Å²) < 4.78 is 33.7. The van der Waals surface area contributed by atoms with Gasteiger partial charge in [-0.05, 0) is 30.7 Å². The summed E-state index contributed by atoms with van der Waals surface area (Å²) in [5.74, 6) is 0.136. The van der Waals surface area contributed by atoms with Crippen LogP contribution in [0.5, 0.6) is 5.75 Å². The number of rotatable bonds is 8. The van der Waals surface area contributed by atoms with E-state index in [0.717, 1.165) is 0 Å². The summed E-state index contributed by atoms with van der Waals surface area (Å²) >= 11 is 0. The van der Waals surface area contributed by atoms with E-state index in [-0.39, 0.29) is 17.6 Å². The highest BCUT2D eigenvalue weighted by Crippen LogP contribution is 2.23. The third kappa shape index (κ3) is 5.83. The quantitative estimate of drug-likeness (QED) is 0.734. The molecule has 0 saturated carbocycles. The summed E-state index contributed by atoms with van der Waals surface area (Å²) in [7, 11) is 1.58. The van der Waals surface area contributed by atoms with Gasteiger partial charge in [0.05, 0.1) is 6.61 Å². The van der Waals surface area contributed by atoms with Gasteiger partial charge in [-0.2, -0.15) is 8.78 Å². The average molecular weight is 371 g/mol. The molecule has 1 aromatic carbocycles. The van der Waals surface area contributed by atoms with E-state index in [0.29, 0.717) is 43.9 Å². The number of benzene rings is 1. The molecule has 0 aromatic heterocycles. The lowest BCUT2D eigenvalue weighted by Crippen LogP contribution is -2.34. The van der Waals surface area contributed by atoms with Gasteiger partial charge in [0.2, 0.25) is 5.91 Å². The number of alkyl halides is 2. The lowest BCUT2D eigenvalue weighted by atomic mass is 10.1. The predicted octanol–water partition coefficient (Wildman–Crippen LogP) is 2.21. The molecule has 0 radical (unpaired) electrons. The highest BCUT2D eigenvalue weighted by molar-refractivity contribution is 5.90. The molecule has 26 heavy (non-hydrogen) atoms. The van der Waals surface area contributed by atoms with E-state index in [2.05, 4.69) is 15.4 Å². The van der Waals surface area contributed by atoms with Crippen LogP contribution in [-0.2, 0) is 9.53 Å². The number of methoxy groups -OCH3 is 1. The van der Waals surface area contributed by atoms with Crippen LogP contribution in [0.15, 0.2) is 18.2 Å². The van der Waals surface area contributed by atoms with E-state index < -0.39 is 12.6 Å². The Kier molecular flexibility index (Phi) is 7.14. The van der Waals surface area contributed by atoms with Gasteiger partial charge < -0.3 is 25.0 Å². The van der Waals surface area contributed by atoms with Gasteiger partial charge in [0, 0.05) is 44.8 Å². The van der Waals surface area contributed by atoms with Crippen LogP contribution in [0, 0.1) is 12.8 Å². The van der Waals surface area contributed by atoms with Gasteiger partial charge in [0.15, 0.2) is 0 Å². The minimum atomic E-state index is -2.89. The molecule has 1 atom stereocenters. The molecule has 3 amide bonds. The average Bonchev–Trinajstić information content (AvgIpc) is 2.93. The van der Waals surface area contributed by atoms with E-state index in [1.807, 2.05) is 0 Å². The van der Waals surface area contributed by atoms with E-state index in [1.165, 1.54) is 18.2 Å². The third-order valence-electron chi connectivity index (χ3n) is 4.08. The van der Waals surface area contributed by atoms with Crippen molar-refractivity contribution < 1.29 is 27.8 Å². The van der Waals surface area contributed by atoms with E-state index in [1.54, 1.807) is 18.9 Å². The van der Waals surface area contributed by atoms with Gasteiger partial charge in [-0.25, -0.2) is 4.79 Å². The van der Waals surface area contributed by atoms with Crippen molar-refractivity contribution in [1.29, 1.82) is 0 Å². The number of nitrogens with one attached hydrogen (secondary N) is 2. The molecular formula is C17H23F2N3O4. The van der Waals surface area contributed by atoms with Crippen LogP contribution < -0.4 is 15.4 Å². The van der Waals surface area contributed by atoms with Crippen LogP contribution in [0.25, 0.3) is 0 Å². The van der Waals surface area contributed by atoms with Gasteiger partial charge >= 0.3 is 12.6 Å². The summed E-state index contributed by atoms with van der Waals surface area (Å²) in [5, 5.41) is 5.39. The molecule has 0 spiro atoms. The lowest BCUT2D eigenvalue weighted by Gasteiger charge is -2.16. The number of hydrogen-bond acceptors (Lipinski definition) is 4. The fraction of sp³-hybridized carbons (Fsp3) is 0.529. The molecule has 1 aromatic rings. The maximum Gasteiger partial charge on any atom is 0.387 e. The predicted molar refractivity (Wildman–Crippen MR) is 91.4 cm³/mol. The second-order valence-corrected chi connectivity index (χ2v) is 6.09. The number of nitrogens with zero attached hydrogens (tertiary/aromatic N) is 1. The zero-order valence-electron chi connectivity index (χ0n) is 14.8. The van der Waals surface area contributed by atoms with Crippen molar-refractivity contribution in [2.45, 2.75) is 20.0 Å². The van der Waals surface area contributed by atoms with Crippen molar-refractivity contribution in [2.24, 2.45) is 5.92 Å². The number of aryl methyl sites for hydroxylation is 1. The molecule has 144 valence electrons. The number of hydrogen-bond donors (Lipinski definition) is 2. The van der Waals surface area contributed by atoms with Crippen LogP contribution in [0.1, 0.15) is 12.0 Å². The van der Waals surface area contributed by atoms with E-state index >= 15 is 0 Å². The first-order valence-corrected chi connectivity index (χ1v) is 8.26. The first-order valence-electron chi connectivity index (χ1n) is 8.26. The summed E-state index contributed by atoms with van der Waals surface area (Å²) in [6.07, 6.45) is 0.392. The standard InChI is InChI=1S/C17H23F2N3O4/c1-11-7-13(26-16(18)19)3-4-14(11)21-17(24)20-9-12-8-15(23)22(10-12)5-6-25-2/h3-4,7,12,16H,5-6,8-10H2,1-2H3,(H2,20,21,24). The first-order chi connectivity index (χ1) is 12.4. The lowest BCUT2D eigenvalue weighted by molar-refractivity contribution is -0.128. The zero-order valence-corrected chi connectivity index (χ0v) is 14.8. The molecule has 0 bridgehead atoms. The Bertz CT molecular complexity index is 642. The Morgan fingerprint density at radius 1 is 1.42 bits per heavy atom. The highest BCUT2D eigenvalue weighted by Gasteiger charge is 2.29.